The van der Waals surface area contributed by atoms with Crippen LogP contribution in [0.2, 0.25) is 0 Å². The van der Waals surface area contributed by atoms with Crippen LogP contribution in [0.5, 0.6) is 0 Å². The van der Waals surface area contributed by atoms with Crippen LogP contribution in [0.4, 0.5) is 5.82 Å². The molecule has 3 rings (SSSR count). The van der Waals surface area contributed by atoms with Crippen molar-refractivity contribution in [3.8, 4) is 0 Å². The molecule has 1 aliphatic heterocycles. The zero-order chi connectivity index (χ0) is 15.7. The third kappa shape index (κ3) is 2.44. The summed E-state index contributed by atoms with van der Waals surface area (Å²) in [5.74, 6) is -1.11. The summed E-state index contributed by atoms with van der Waals surface area (Å²) in [4.78, 5) is 45.1. The summed E-state index contributed by atoms with van der Waals surface area (Å²) in [5, 5.41) is 2.57. The average molecular weight is 296 g/mol. The van der Waals surface area contributed by atoms with Gasteiger partial charge in [0, 0.05) is 18.1 Å². The van der Waals surface area contributed by atoms with Crippen molar-refractivity contribution in [2.75, 3.05) is 11.9 Å². The fourth-order valence-corrected chi connectivity index (χ4v) is 2.22. The Morgan fingerprint density at radius 3 is 2.68 bits per heavy atom. The Balaban J connectivity index is 1.73. The number of hydrogen-bond acceptors (Lipinski definition) is 5. The minimum absolute atomic E-state index is 0.217. The topological polar surface area (TPSA) is 92.3 Å². The van der Waals surface area contributed by atoms with E-state index in [-0.39, 0.29) is 17.7 Å². The number of fused-ring (bicyclic) bond motifs is 1. The van der Waals surface area contributed by atoms with Crippen LogP contribution in [-0.4, -0.2) is 39.1 Å². The lowest BCUT2D eigenvalue weighted by molar-refractivity contribution is -0.116. The number of imide groups is 1. The molecule has 0 unspecified atom stereocenters. The summed E-state index contributed by atoms with van der Waals surface area (Å²) >= 11 is 0. The van der Waals surface area contributed by atoms with Gasteiger partial charge in [-0.2, -0.15) is 0 Å². The lowest BCUT2D eigenvalue weighted by Crippen LogP contribution is -2.37. The first-order chi connectivity index (χ1) is 10.6. The highest BCUT2D eigenvalue weighted by molar-refractivity contribution is 6.22. The quantitative estimate of drug-likeness (QED) is 0.854. The SMILES string of the molecule is Cc1cccc(NC(=O)CN2C(=O)c3ccncc3C2=O)n1. The summed E-state index contributed by atoms with van der Waals surface area (Å²) in [6, 6.07) is 6.66. The molecule has 0 aromatic carbocycles. The fraction of sp³-hybridized carbons (Fsp3) is 0.133. The van der Waals surface area contributed by atoms with Crippen molar-refractivity contribution in [3.05, 3.63) is 53.5 Å². The number of carbonyl (C=O) groups excluding carboxylic acids is 3. The normalized spacial score (nSPS) is 13.2. The molecule has 0 aliphatic carbocycles. The van der Waals surface area contributed by atoms with Crippen molar-refractivity contribution < 1.29 is 14.4 Å². The lowest BCUT2D eigenvalue weighted by atomic mass is 10.2. The summed E-state index contributed by atoms with van der Waals surface area (Å²) in [5.41, 5.74) is 1.24. The first-order valence-corrected chi connectivity index (χ1v) is 6.60. The molecule has 0 atom stereocenters. The van der Waals surface area contributed by atoms with Gasteiger partial charge in [0.2, 0.25) is 5.91 Å². The zero-order valence-corrected chi connectivity index (χ0v) is 11.7. The summed E-state index contributed by atoms with van der Waals surface area (Å²) in [6.07, 6.45) is 2.76. The van der Waals surface area contributed by atoms with Gasteiger partial charge in [-0.3, -0.25) is 24.3 Å². The molecular weight excluding hydrogens is 284 g/mol. The van der Waals surface area contributed by atoms with Crippen LogP contribution in [-0.2, 0) is 4.79 Å². The molecule has 3 amide bonds. The Morgan fingerprint density at radius 2 is 1.95 bits per heavy atom. The van der Waals surface area contributed by atoms with E-state index in [2.05, 4.69) is 15.3 Å². The zero-order valence-electron chi connectivity index (χ0n) is 11.7. The smallest absolute Gasteiger partial charge is 0.263 e. The van der Waals surface area contributed by atoms with Crippen LogP contribution in [0.25, 0.3) is 0 Å². The molecule has 0 saturated heterocycles. The predicted molar refractivity (Wildman–Crippen MR) is 77.2 cm³/mol. The number of anilines is 1. The molecule has 0 fully saturated rings. The van der Waals surface area contributed by atoms with Crippen molar-refractivity contribution in [1.29, 1.82) is 0 Å². The van der Waals surface area contributed by atoms with Gasteiger partial charge < -0.3 is 5.32 Å². The van der Waals surface area contributed by atoms with Gasteiger partial charge in [-0.15, -0.1) is 0 Å². The predicted octanol–water partition coefficient (Wildman–Crippen LogP) is 1.02. The molecular formula is C15H12N4O3. The van der Waals surface area contributed by atoms with Crippen molar-refractivity contribution in [2.24, 2.45) is 0 Å². The second kappa shape index (κ2) is 5.36. The van der Waals surface area contributed by atoms with Gasteiger partial charge in [0.1, 0.15) is 12.4 Å². The highest BCUT2D eigenvalue weighted by Crippen LogP contribution is 2.21. The minimum atomic E-state index is -0.513. The summed E-state index contributed by atoms with van der Waals surface area (Å²) in [7, 11) is 0. The summed E-state index contributed by atoms with van der Waals surface area (Å²) in [6.45, 7) is 1.44. The van der Waals surface area contributed by atoms with Crippen LogP contribution in [0.3, 0.4) is 0 Å². The Bertz CT molecular complexity index is 753. The number of pyridine rings is 2. The number of aryl methyl sites for hydroxylation is 1. The fourth-order valence-electron chi connectivity index (χ4n) is 2.22. The van der Waals surface area contributed by atoms with E-state index in [1.54, 1.807) is 25.1 Å². The molecule has 2 aromatic rings. The van der Waals surface area contributed by atoms with Gasteiger partial charge in [-0.1, -0.05) is 6.07 Å². The molecule has 1 aliphatic rings. The Morgan fingerprint density at radius 1 is 1.18 bits per heavy atom. The van der Waals surface area contributed by atoms with E-state index in [0.29, 0.717) is 5.82 Å². The van der Waals surface area contributed by atoms with Crippen LogP contribution in [0.1, 0.15) is 26.4 Å². The molecule has 1 N–H and O–H groups in total. The third-order valence-corrected chi connectivity index (χ3v) is 3.23. The second-order valence-electron chi connectivity index (χ2n) is 4.83. The van der Waals surface area contributed by atoms with E-state index in [9.17, 15) is 14.4 Å². The Kier molecular flexibility index (Phi) is 3.38. The van der Waals surface area contributed by atoms with E-state index in [4.69, 9.17) is 0 Å². The van der Waals surface area contributed by atoms with Gasteiger partial charge in [-0.25, -0.2) is 4.98 Å². The highest BCUT2D eigenvalue weighted by Gasteiger charge is 2.36. The van der Waals surface area contributed by atoms with E-state index < -0.39 is 17.7 Å². The molecule has 2 aromatic heterocycles. The number of hydrogen-bond donors (Lipinski definition) is 1. The van der Waals surface area contributed by atoms with Crippen LogP contribution >= 0.6 is 0 Å². The minimum Gasteiger partial charge on any atom is -0.309 e. The van der Waals surface area contributed by atoms with Crippen LogP contribution in [0.15, 0.2) is 36.7 Å². The van der Waals surface area contributed by atoms with E-state index in [0.717, 1.165) is 10.6 Å². The van der Waals surface area contributed by atoms with Crippen molar-refractivity contribution in [3.63, 3.8) is 0 Å². The van der Waals surface area contributed by atoms with Crippen LogP contribution < -0.4 is 5.32 Å². The Hall–Kier alpha value is -3.09. The van der Waals surface area contributed by atoms with Crippen LogP contribution in [0, 0.1) is 6.92 Å². The van der Waals surface area contributed by atoms with Gasteiger partial charge in [0.25, 0.3) is 11.8 Å². The van der Waals surface area contributed by atoms with Gasteiger partial charge >= 0.3 is 0 Å². The maximum atomic E-state index is 12.1. The molecule has 3 heterocycles. The molecule has 0 spiro atoms. The molecule has 22 heavy (non-hydrogen) atoms. The molecule has 7 nitrogen and oxygen atoms in total. The lowest BCUT2D eigenvalue weighted by Gasteiger charge is -2.13. The Labute approximate surface area is 126 Å². The van der Waals surface area contributed by atoms with Crippen molar-refractivity contribution in [1.82, 2.24) is 14.9 Å². The number of rotatable bonds is 3. The maximum Gasteiger partial charge on any atom is 0.263 e. The number of nitrogens with zero attached hydrogens (tertiary/aromatic N) is 3. The average Bonchev–Trinajstić information content (AvgIpc) is 2.73. The molecule has 0 saturated carbocycles. The number of amides is 3. The third-order valence-electron chi connectivity index (χ3n) is 3.23. The van der Waals surface area contributed by atoms with Crippen molar-refractivity contribution >= 4 is 23.5 Å². The first-order valence-electron chi connectivity index (χ1n) is 6.60. The standard InChI is InChI=1S/C15H12N4O3/c1-9-3-2-4-12(17-9)18-13(20)8-19-14(21)10-5-6-16-7-11(10)15(19)22/h2-7H,8H2,1H3,(H,17,18,20). The highest BCUT2D eigenvalue weighted by atomic mass is 16.2. The number of carbonyl (C=O) groups is 3. The second-order valence-corrected chi connectivity index (χ2v) is 4.83. The van der Waals surface area contributed by atoms with Crippen molar-refractivity contribution in [2.45, 2.75) is 6.92 Å². The number of aromatic nitrogens is 2. The first kappa shape index (κ1) is 13.9. The molecule has 0 bridgehead atoms. The molecule has 110 valence electrons. The van der Waals surface area contributed by atoms with Gasteiger partial charge in [0.05, 0.1) is 11.1 Å². The largest absolute Gasteiger partial charge is 0.309 e. The molecule has 7 heteroatoms. The van der Waals surface area contributed by atoms with E-state index >= 15 is 0 Å². The van der Waals surface area contributed by atoms with Gasteiger partial charge in [-0.05, 0) is 25.1 Å². The van der Waals surface area contributed by atoms with Gasteiger partial charge in [0.15, 0.2) is 0 Å². The monoisotopic (exact) mass is 296 g/mol. The molecule has 0 radical (unpaired) electrons. The summed E-state index contributed by atoms with van der Waals surface area (Å²) < 4.78 is 0. The van der Waals surface area contributed by atoms with E-state index in [1.807, 2.05) is 0 Å². The van der Waals surface area contributed by atoms with E-state index in [1.165, 1.54) is 18.5 Å². The maximum absolute atomic E-state index is 12.1. The number of nitrogens with one attached hydrogen (secondary N) is 1.